The zero-order chi connectivity index (χ0) is 46.8. The standard InChI is InChI=1S/C49H80O15/c1-3-5-7-9-11-13-15-17-18-20-21-23-25-27-29-31-40(51)59-34-37(62-41(52)32-30-28-26-24-22-19-16-14-12-10-8-6-4-2)35-60-48-47(58)45(56)43(54)39(64-48)36-61-49-46(57)44(55)42(53)38(33-50)63-49/h5,7,9,11,13,15,17-19,22,26,28,37-39,42-50,53-58H,3-4,6,8,10,12,14,16,20-21,23-25,27,29-36H2,1-2H3/b7-5+,11-9+,15-13+,18-17+,22-19+,28-26+/t37?,38-,39-,42+,43+,44?,45?,46?,47?,48-,49-/m1/s1. The Bertz CT molecular complexity index is 1390. The van der Waals surface area contributed by atoms with Gasteiger partial charge in [-0.3, -0.25) is 9.59 Å². The lowest BCUT2D eigenvalue weighted by molar-refractivity contribution is -0.332. The molecule has 2 saturated heterocycles. The van der Waals surface area contributed by atoms with Crippen LogP contribution in [0, 0.1) is 0 Å². The summed E-state index contributed by atoms with van der Waals surface area (Å²) >= 11 is 0. The van der Waals surface area contributed by atoms with E-state index >= 15 is 0 Å². The number of allylic oxidation sites excluding steroid dienone is 12. The molecule has 2 fully saturated rings. The van der Waals surface area contributed by atoms with Crippen molar-refractivity contribution in [1.82, 2.24) is 0 Å². The molecule has 64 heavy (non-hydrogen) atoms. The Labute approximate surface area is 381 Å². The van der Waals surface area contributed by atoms with Gasteiger partial charge in [0.25, 0.3) is 0 Å². The number of unbranched alkanes of at least 4 members (excludes halogenated alkanes) is 11. The number of carbonyl (C=O) groups excluding carboxylic acids is 2. The summed E-state index contributed by atoms with van der Waals surface area (Å²) in [6.45, 7) is 2.32. The van der Waals surface area contributed by atoms with E-state index < -0.39 is 99.3 Å². The summed E-state index contributed by atoms with van der Waals surface area (Å²) in [5.41, 5.74) is 0. The third-order valence-corrected chi connectivity index (χ3v) is 10.8. The Balaban J connectivity index is 1.88. The van der Waals surface area contributed by atoms with Crippen LogP contribution < -0.4 is 0 Å². The first kappa shape index (κ1) is 57.1. The molecule has 7 N–H and O–H groups in total. The third kappa shape index (κ3) is 24.5. The number of hydrogen-bond acceptors (Lipinski definition) is 15. The number of rotatable bonds is 34. The SMILES string of the molecule is CC/C=C/C=C/C=C/C=C/CCCCCCCC(=O)OCC(CO[C@@H]1O[C@H](CO[C@@H]2O[C@H](CO)[C@H](O)C(O)C2O)[C@H](O)C(O)C1O)OC(=O)CC/C=C/C/C=C/CCCCCCCC. The lowest BCUT2D eigenvalue weighted by Gasteiger charge is -2.42. The summed E-state index contributed by atoms with van der Waals surface area (Å²) < 4.78 is 33.4. The summed E-state index contributed by atoms with van der Waals surface area (Å²) in [6, 6.07) is 0. The molecular formula is C49H80O15. The second-order valence-electron chi connectivity index (χ2n) is 16.3. The van der Waals surface area contributed by atoms with E-state index in [2.05, 4.69) is 38.2 Å². The van der Waals surface area contributed by atoms with Crippen LogP contribution in [-0.2, 0) is 38.0 Å². The maximum absolute atomic E-state index is 12.9. The predicted molar refractivity (Wildman–Crippen MR) is 242 cm³/mol. The van der Waals surface area contributed by atoms with Crippen molar-refractivity contribution in [2.75, 3.05) is 26.4 Å². The minimum Gasteiger partial charge on any atom is -0.462 e. The van der Waals surface area contributed by atoms with Gasteiger partial charge >= 0.3 is 11.9 Å². The first-order valence-electron chi connectivity index (χ1n) is 23.6. The highest BCUT2D eigenvalue weighted by Gasteiger charge is 2.47. The largest absolute Gasteiger partial charge is 0.462 e. The van der Waals surface area contributed by atoms with E-state index in [1.807, 2.05) is 48.6 Å². The van der Waals surface area contributed by atoms with E-state index in [9.17, 15) is 45.3 Å². The third-order valence-electron chi connectivity index (χ3n) is 10.8. The summed E-state index contributed by atoms with van der Waals surface area (Å²) in [5.74, 6) is -1.04. The highest BCUT2D eigenvalue weighted by atomic mass is 16.7. The van der Waals surface area contributed by atoms with Crippen LogP contribution in [0.3, 0.4) is 0 Å². The van der Waals surface area contributed by atoms with Crippen molar-refractivity contribution in [3.05, 3.63) is 72.9 Å². The summed E-state index contributed by atoms with van der Waals surface area (Å²) in [4.78, 5) is 25.6. The number of ether oxygens (including phenoxy) is 6. The molecule has 0 saturated carbocycles. The van der Waals surface area contributed by atoms with Crippen LogP contribution in [0.25, 0.3) is 0 Å². The molecule has 2 aliphatic rings. The van der Waals surface area contributed by atoms with Gasteiger partial charge in [0.2, 0.25) is 0 Å². The maximum atomic E-state index is 12.9. The van der Waals surface area contributed by atoms with Gasteiger partial charge in [0.1, 0.15) is 55.4 Å². The highest BCUT2D eigenvalue weighted by molar-refractivity contribution is 5.70. The number of aliphatic hydroxyl groups is 7. The van der Waals surface area contributed by atoms with Gasteiger partial charge in [-0.25, -0.2) is 0 Å². The second-order valence-corrected chi connectivity index (χ2v) is 16.3. The monoisotopic (exact) mass is 909 g/mol. The average molecular weight is 909 g/mol. The smallest absolute Gasteiger partial charge is 0.306 e. The topological polar surface area (TPSA) is 231 Å². The Hall–Kier alpha value is -3.06. The summed E-state index contributed by atoms with van der Waals surface area (Å²) in [5, 5.41) is 71.9. The molecule has 0 bridgehead atoms. The number of esters is 2. The normalized spacial score (nSPS) is 27.3. The molecule has 5 unspecified atom stereocenters. The Morgan fingerprint density at radius 2 is 1.08 bits per heavy atom. The van der Waals surface area contributed by atoms with E-state index in [1.54, 1.807) is 0 Å². The van der Waals surface area contributed by atoms with Gasteiger partial charge in [0.15, 0.2) is 18.7 Å². The molecule has 11 atom stereocenters. The molecule has 0 amide bonds. The molecule has 366 valence electrons. The first-order valence-corrected chi connectivity index (χ1v) is 23.6. The summed E-state index contributed by atoms with van der Waals surface area (Å²) in [6.07, 6.45) is 23.8. The van der Waals surface area contributed by atoms with Crippen LogP contribution in [0.5, 0.6) is 0 Å². The number of hydrogen-bond donors (Lipinski definition) is 7. The molecule has 0 spiro atoms. The van der Waals surface area contributed by atoms with Gasteiger partial charge < -0.3 is 64.2 Å². The fourth-order valence-corrected chi connectivity index (χ4v) is 6.87. The zero-order valence-electron chi connectivity index (χ0n) is 38.2. The molecule has 0 aromatic rings. The maximum Gasteiger partial charge on any atom is 0.306 e. The van der Waals surface area contributed by atoms with Gasteiger partial charge in [0, 0.05) is 12.8 Å². The summed E-state index contributed by atoms with van der Waals surface area (Å²) in [7, 11) is 0. The predicted octanol–water partition coefficient (Wildman–Crippen LogP) is 5.48. The molecule has 2 aliphatic heterocycles. The molecule has 15 nitrogen and oxygen atoms in total. The number of carbonyl (C=O) groups is 2. The van der Waals surface area contributed by atoms with Crippen molar-refractivity contribution in [3.63, 3.8) is 0 Å². The van der Waals surface area contributed by atoms with Crippen LogP contribution in [0.2, 0.25) is 0 Å². The Morgan fingerprint density at radius 3 is 1.73 bits per heavy atom. The van der Waals surface area contributed by atoms with Crippen molar-refractivity contribution in [1.29, 1.82) is 0 Å². The Morgan fingerprint density at radius 1 is 0.531 bits per heavy atom. The second kappa shape index (κ2) is 36.1. The number of aliphatic hydroxyl groups excluding tert-OH is 7. The molecule has 0 radical (unpaired) electrons. The first-order chi connectivity index (χ1) is 31.0. The average Bonchev–Trinajstić information content (AvgIpc) is 3.29. The van der Waals surface area contributed by atoms with E-state index in [0.29, 0.717) is 12.8 Å². The molecule has 2 rings (SSSR count). The van der Waals surface area contributed by atoms with Crippen LogP contribution in [0.1, 0.15) is 129 Å². The van der Waals surface area contributed by atoms with Crippen LogP contribution in [-0.4, -0.2) is 142 Å². The lowest BCUT2D eigenvalue weighted by Crippen LogP contribution is -2.61. The lowest BCUT2D eigenvalue weighted by atomic mass is 9.98. The quantitative estimate of drug-likeness (QED) is 0.0184. The van der Waals surface area contributed by atoms with Gasteiger partial charge in [-0.15, -0.1) is 0 Å². The molecule has 0 aromatic heterocycles. The van der Waals surface area contributed by atoms with E-state index in [1.165, 1.54) is 38.5 Å². The van der Waals surface area contributed by atoms with Crippen molar-refractivity contribution < 1.29 is 73.8 Å². The fourth-order valence-electron chi connectivity index (χ4n) is 6.87. The van der Waals surface area contributed by atoms with Crippen LogP contribution in [0.4, 0.5) is 0 Å². The van der Waals surface area contributed by atoms with Gasteiger partial charge in [-0.2, -0.15) is 0 Å². The van der Waals surface area contributed by atoms with E-state index in [4.69, 9.17) is 28.4 Å². The van der Waals surface area contributed by atoms with Crippen LogP contribution in [0.15, 0.2) is 72.9 Å². The molecule has 15 heteroatoms. The zero-order valence-corrected chi connectivity index (χ0v) is 38.2. The van der Waals surface area contributed by atoms with Gasteiger partial charge in [0.05, 0.1) is 19.8 Å². The van der Waals surface area contributed by atoms with Gasteiger partial charge in [-0.1, -0.05) is 138 Å². The van der Waals surface area contributed by atoms with Gasteiger partial charge in [-0.05, 0) is 51.4 Å². The van der Waals surface area contributed by atoms with E-state index in [-0.39, 0.29) is 19.4 Å². The van der Waals surface area contributed by atoms with Crippen molar-refractivity contribution in [2.45, 2.75) is 197 Å². The minimum atomic E-state index is -1.78. The molecule has 0 aromatic carbocycles. The molecular weight excluding hydrogens is 829 g/mol. The minimum absolute atomic E-state index is 0.0496. The van der Waals surface area contributed by atoms with Crippen LogP contribution >= 0.6 is 0 Å². The van der Waals surface area contributed by atoms with E-state index in [0.717, 1.165) is 51.4 Å². The highest BCUT2D eigenvalue weighted by Crippen LogP contribution is 2.26. The van der Waals surface area contributed by atoms with Crippen molar-refractivity contribution in [3.8, 4) is 0 Å². The molecule has 0 aliphatic carbocycles. The Kier molecular flexibility index (Phi) is 32.2. The fraction of sp³-hybridized carbons (Fsp3) is 0.714. The van der Waals surface area contributed by atoms with Crippen molar-refractivity contribution >= 4 is 11.9 Å². The molecule has 2 heterocycles. The van der Waals surface area contributed by atoms with Crippen molar-refractivity contribution in [2.24, 2.45) is 0 Å².